The van der Waals surface area contributed by atoms with Crippen LogP contribution in [-0.2, 0) is 0 Å². The maximum Gasteiger partial charge on any atom is 0.337 e. The van der Waals surface area contributed by atoms with Crippen molar-refractivity contribution in [3.8, 4) is 5.69 Å². The first-order valence-corrected chi connectivity index (χ1v) is 5.54. The number of rotatable bonds is 2. The zero-order valence-electron chi connectivity index (χ0n) is 8.80. The Morgan fingerprint density at radius 2 is 1.94 bits per heavy atom. The number of para-hydroxylation sites is 1. The molecular weight excluding hydrogens is 279 g/mol. The van der Waals surface area contributed by atoms with E-state index >= 15 is 0 Å². The molecule has 0 atom stereocenters. The average molecular weight is 285 g/mol. The molecule has 18 heavy (non-hydrogen) atoms. The van der Waals surface area contributed by atoms with E-state index in [9.17, 15) is 9.59 Å². The van der Waals surface area contributed by atoms with Crippen molar-refractivity contribution >= 4 is 29.2 Å². The molecule has 0 bridgehead atoms. The number of hydrogen-bond acceptors (Lipinski definition) is 3. The lowest BCUT2D eigenvalue weighted by Crippen LogP contribution is -2.23. The van der Waals surface area contributed by atoms with Crippen LogP contribution in [0.25, 0.3) is 5.69 Å². The topological polar surface area (TPSA) is 72.2 Å². The van der Waals surface area contributed by atoms with Gasteiger partial charge in [-0.3, -0.25) is 4.79 Å². The third-order valence-electron chi connectivity index (χ3n) is 2.24. The second-order valence-corrected chi connectivity index (χ2v) is 4.13. The van der Waals surface area contributed by atoms with Crippen molar-refractivity contribution in [1.82, 2.24) is 9.78 Å². The fraction of sp³-hybridized carbons (Fsp3) is 0. The van der Waals surface area contributed by atoms with Crippen molar-refractivity contribution in [3.05, 3.63) is 56.4 Å². The van der Waals surface area contributed by atoms with Gasteiger partial charge in [0.2, 0.25) is 0 Å². The van der Waals surface area contributed by atoms with E-state index < -0.39 is 11.5 Å². The van der Waals surface area contributed by atoms with Crippen molar-refractivity contribution < 1.29 is 9.90 Å². The highest BCUT2D eigenvalue weighted by Gasteiger charge is 2.15. The van der Waals surface area contributed by atoms with Crippen LogP contribution in [0.5, 0.6) is 0 Å². The summed E-state index contributed by atoms with van der Waals surface area (Å²) < 4.78 is 0.900. The molecule has 92 valence electrons. The number of hydrogen-bond donors (Lipinski definition) is 1. The predicted molar refractivity (Wildman–Crippen MR) is 66.8 cm³/mol. The maximum atomic E-state index is 11.9. The number of aromatic nitrogens is 2. The van der Waals surface area contributed by atoms with E-state index in [4.69, 9.17) is 28.3 Å². The molecule has 0 unspecified atom stereocenters. The minimum atomic E-state index is -1.16. The van der Waals surface area contributed by atoms with Gasteiger partial charge in [0.25, 0.3) is 5.56 Å². The van der Waals surface area contributed by atoms with E-state index in [1.54, 1.807) is 12.1 Å². The molecule has 0 saturated carbocycles. The van der Waals surface area contributed by atoms with Gasteiger partial charge < -0.3 is 5.11 Å². The summed E-state index contributed by atoms with van der Waals surface area (Å²) in [4.78, 5) is 22.9. The van der Waals surface area contributed by atoms with E-state index in [1.807, 2.05) is 0 Å². The second kappa shape index (κ2) is 4.80. The molecule has 1 aromatic heterocycles. The number of carboxylic acids is 1. The SMILES string of the molecule is O=C(O)c1ccccc1-n1ncc(Cl)c(Cl)c1=O. The number of carbonyl (C=O) groups is 1. The summed E-state index contributed by atoms with van der Waals surface area (Å²) in [5, 5.41) is 12.6. The molecule has 0 aliphatic rings. The third kappa shape index (κ3) is 2.10. The van der Waals surface area contributed by atoms with Crippen LogP contribution < -0.4 is 5.56 Å². The van der Waals surface area contributed by atoms with Crippen LogP contribution in [0, 0.1) is 0 Å². The molecule has 1 aromatic carbocycles. The Morgan fingerprint density at radius 1 is 1.28 bits per heavy atom. The van der Waals surface area contributed by atoms with Crippen LogP contribution in [0.1, 0.15) is 10.4 Å². The van der Waals surface area contributed by atoms with Gasteiger partial charge in [0.05, 0.1) is 22.5 Å². The summed E-state index contributed by atoms with van der Waals surface area (Å²) in [6.07, 6.45) is 1.18. The van der Waals surface area contributed by atoms with Crippen molar-refractivity contribution in [1.29, 1.82) is 0 Å². The van der Waals surface area contributed by atoms with Gasteiger partial charge in [0.15, 0.2) is 0 Å². The molecule has 0 fully saturated rings. The summed E-state index contributed by atoms with van der Waals surface area (Å²) in [6, 6.07) is 5.98. The lowest BCUT2D eigenvalue weighted by atomic mass is 10.2. The van der Waals surface area contributed by atoms with Gasteiger partial charge in [-0.25, -0.2) is 4.79 Å². The minimum Gasteiger partial charge on any atom is -0.478 e. The van der Waals surface area contributed by atoms with E-state index in [-0.39, 0.29) is 21.3 Å². The van der Waals surface area contributed by atoms with E-state index in [0.29, 0.717) is 0 Å². The molecule has 0 spiro atoms. The molecule has 2 aromatic rings. The lowest BCUT2D eigenvalue weighted by Gasteiger charge is -2.08. The van der Waals surface area contributed by atoms with Crippen molar-refractivity contribution in [2.75, 3.05) is 0 Å². The number of nitrogens with zero attached hydrogens (tertiary/aromatic N) is 2. The number of aromatic carboxylic acids is 1. The van der Waals surface area contributed by atoms with Crippen molar-refractivity contribution in [2.45, 2.75) is 0 Å². The zero-order chi connectivity index (χ0) is 13.3. The molecule has 0 aliphatic heterocycles. The van der Waals surface area contributed by atoms with Crippen molar-refractivity contribution in [2.24, 2.45) is 0 Å². The first kappa shape index (κ1) is 12.6. The Kier molecular flexibility index (Phi) is 3.36. The predicted octanol–water partition coefficient (Wildman–Crippen LogP) is 2.24. The quantitative estimate of drug-likeness (QED) is 0.918. The largest absolute Gasteiger partial charge is 0.478 e. The Bertz CT molecular complexity index is 682. The smallest absolute Gasteiger partial charge is 0.337 e. The molecule has 0 aliphatic carbocycles. The summed E-state index contributed by atoms with van der Waals surface area (Å²) in [6.45, 7) is 0. The van der Waals surface area contributed by atoms with Gasteiger partial charge in [-0.2, -0.15) is 9.78 Å². The van der Waals surface area contributed by atoms with Crippen molar-refractivity contribution in [3.63, 3.8) is 0 Å². The fourth-order valence-corrected chi connectivity index (χ4v) is 1.68. The summed E-state index contributed by atoms with van der Waals surface area (Å²) in [5.74, 6) is -1.16. The average Bonchev–Trinajstić information content (AvgIpc) is 2.36. The molecule has 1 N–H and O–H groups in total. The first-order valence-electron chi connectivity index (χ1n) is 4.78. The highest BCUT2D eigenvalue weighted by molar-refractivity contribution is 6.41. The standard InChI is InChI=1S/C11H6Cl2N2O3/c12-7-5-14-15(10(16)9(7)13)8-4-2-1-3-6(8)11(17)18/h1-5H,(H,17,18). The highest BCUT2D eigenvalue weighted by atomic mass is 35.5. The van der Waals surface area contributed by atoms with Gasteiger partial charge in [-0.05, 0) is 12.1 Å². The number of halogens is 2. The van der Waals surface area contributed by atoms with Gasteiger partial charge in [-0.15, -0.1) is 0 Å². The molecule has 1 heterocycles. The van der Waals surface area contributed by atoms with Crippen LogP contribution in [0.3, 0.4) is 0 Å². The van der Waals surface area contributed by atoms with Crippen LogP contribution >= 0.6 is 23.2 Å². The Hall–Kier alpha value is -1.85. The minimum absolute atomic E-state index is 0.0192. The third-order valence-corrected chi connectivity index (χ3v) is 2.99. The molecule has 2 rings (SSSR count). The summed E-state index contributed by atoms with van der Waals surface area (Å²) >= 11 is 11.4. The van der Waals surface area contributed by atoms with Gasteiger partial charge in [0.1, 0.15) is 5.02 Å². The molecule has 0 amide bonds. The zero-order valence-corrected chi connectivity index (χ0v) is 10.3. The maximum absolute atomic E-state index is 11.9. The van der Waals surface area contributed by atoms with Crippen LogP contribution in [-0.4, -0.2) is 20.9 Å². The van der Waals surface area contributed by atoms with Gasteiger partial charge in [0, 0.05) is 0 Å². The van der Waals surface area contributed by atoms with Crippen LogP contribution in [0.15, 0.2) is 35.3 Å². The normalized spacial score (nSPS) is 10.3. The van der Waals surface area contributed by atoms with E-state index in [0.717, 1.165) is 4.68 Å². The fourth-order valence-electron chi connectivity index (χ4n) is 1.42. The second-order valence-electron chi connectivity index (χ2n) is 3.35. The Morgan fingerprint density at radius 3 is 2.61 bits per heavy atom. The molecule has 7 heteroatoms. The number of benzene rings is 1. The highest BCUT2D eigenvalue weighted by Crippen LogP contribution is 2.17. The van der Waals surface area contributed by atoms with E-state index in [2.05, 4.69) is 5.10 Å². The summed E-state index contributed by atoms with van der Waals surface area (Å²) in [5.41, 5.74) is -0.586. The van der Waals surface area contributed by atoms with Crippen LogP contribution in [0.2, 0.25) is 10.0 Å². The van der Waals surface area contributed by atoms with Gasteiger partial charge in [-0.1, -0.05) is 35.3 Å². The molecule has 0 saturated heterocycles. The molecular formula is C11H6Cl2N2O3. The van der Waals surface area contributed by atoms with Crippen LogP contribution in [0.4, 0.5) is 0 Å². The van der Waals surface area contributed by atoms with E-state index in [1.165, 1.54) is 18.3 Å². The first-order chi connectivity index (χ1) is 8.52. The van der Waals surface area contributed by atoms with Gasteiger partial charge >= 0.3 is 5.97 Å². The summed E-state index contributed by atoms with van der Waals surface area (Å²) in [7, 11) is 0. The molecule has 5 nitrogen and oxygen atoms in total. The Balaban J connectivity index is 2.75. The molecule has 0 radical (unpaired) electrons. The number of carboxylic acid groups (broad SMARTS) is 1. The lowest BCUT2D eigenvalue weighted by molar-refractivity contribution is 0.0696. The Labute approximate surface area is 111 Å². The monoisotopic (exact) mass is 284 g/mol.